The van der Waals surface area contributed by atoms with Crippen molar-refractivity contribution < 1.29 is 14.6 Å². The number of halogens is 1. The quantitative estimate of drug-likeness (QED) is 0.913. The van der Waals surface area contributed by atoms with Crippen molar-refractivity contribution in [3.63, 3.8) is 0 Å². The van der Waals surface area contributed by atoms with Crippen LogP contribution < -0.4 is 0 Å². The summed E-state index contributed by atoms with van der Waals surface area (Å²) in [6, 6.07) is 9.94. The maximum Gasteiger partial charge on any atom is 0.317 e. The van der Waals surface area contributed by atoms with E-state index in [0.717, 1.165) is 5.56 Å². The molecule has 1 heterocycles. The average molecular weight is 272 g/mol. The second kappa shape index (κ2) is 6.73. The minimum atomic E-state index is -0.786. The summed E-state index contributed by atoms with van der Waals surface area (Å²) in [5.41, 5.74) is 1.11. The van der Waals surface area contributed by atoms with E-state index in [1.807, 2.05) is 42.2 Å². The van der Waals surface area contributed by atoms with Gasteiger partial charge in [-0.2, -0.15) is 0 Å². The summed E-state index contributed by atoms with van der Waals surface area (Å²) < 4.78 is 5.85. The van der Waals surface area contributed by atoms with E-state index >= 15 is 0 Å². The van der Waals surface area contributed by atoms with Crippen LogP contribution in [0.5, 0.6) is 0 Å². The highest BCUT2D eigenvalue weighted by molar-refractivity contribution is 5.85. The Hall–Kier alpha value is -1.10. The van der Waals surface area contributed by atoms with Crippen molar-refractivity contribution >= 4 is 18.4 Å². The second-order valence-corrected chi connectivity index (χ2v) is 4.43. The molecule has 1 aromatic rings. The Bertz CT molecular complexity index is 385. The van der Waals surface area contributed by atoms with E-state index in [1.54, 1.807) is 0 Å². The Kier molecular flexibility index (Phi) is 5.59. The van der Waals surface area contributed by atoms with Crippen LogP contribution in [-0.4, -0.2) is 41.7 Å². The molecule has 1 fully saturated rings. The zero-order valence-corrected chi connectivity index (χ0v) is 11.1. The van der Waals surface area contributed by atoms with E-state index < -0.39 is 5.97 Å². The number of carboxylic acids is 1. The van der Waals surface area contributed by atoms with E-state index in [9.17, 15) is 4.79 Å². The predicted octanol–water partition coefficient (Wildman–Crippen LogP) is 1.95. The van der Waals surface area contributed by atoms with Crippen LogP contribution in [0.3, 0.4) is 0 Å². The number of nitrogens with zero attached hydrogens (tertiary/aromatic N) is 1. The largest absolute Gasteiger partial charge is 0.480 e. The molecule has 1 aromatic carbocycles. The van der Waals surface area contributed by atoms with Crippen LogP contribution in [0.4, 0.5) is 0 Å². The standard InChI is InChI=1S/C13H17NO3.ClH/c1-10-7-14(9-13(15)16)8-12(17-10)11-5-3-2-4-6-11;/h2-6,10,12H,7-9H2,1H3,(H,15,16);1H. The van der Waals surface area contributed by atoms with Crippen molar-refractivity contribution in [2.45, 2.75) is 19.1 Å². The monoisotopic (exact) mass is 271 g/mol. The van der Waals surface area contributed by atoms with Gasteiger partial charge in [-0.05, 0) is 12.5 Å². The second-order valence-electron chi connectivity index (χ2n) is 4.43. The molecule has 0 aliphatic carbocycles. The summed E-state index contributed by atoms with van der Waals surface area (Å²) in [6.45, 7) is 3.37. The van der Waals surface area contributed by atoms with E-state index in [4.69, 9.17) is 9.84 Å². The van der Waals surface area contributed by atoms with Crippen molar-refractivity contribution in [3.8, 4) is 0 Å². The van der Waals surface area contributed by atoms with Crippen molar-refractivity contribution in [1.82, 2.24) is 4.90 Å². The SMILES string of the molecule is CC1CN(CC(=O)O)CC(c2ccccc2)O1.Cl. The summed E-state index contributed by atoms with van der Waals surface area (Å²) in [4.78, 5) is 12.7. The van der Waals surface area contributed by atoms with Gasteiger partial charge in [0.05, 0.1) is 18.8 Å². The maximum atomic E-state index is 10.7. The first-order chi connectivity index (χ1) is 8.15. The smallest absolute Gasteiger partial charge is 0.317 e. The van der Waals surface area contributed by atoms with Gasteiger partial charge < -0.3 is 9.84 Å². The van der Waals surface area contributed by atoms with Crippen molar-refractivity contribution in [2.24, 2.45) is 0 Å². The van der Waals surface area contributed by atoms with Gasteiger partial charge in [-0.3, -0.25) is 9.69 Å². The van der Waals surface area contributed by atoms with E-state index in [0.29, 0.717) is 13.1 Å². The van der Waals surface area contributed by atoms with Crippen molar-refractivity contribution in [3.05, 3.63) is 35.9 Å². The molecule has 2 unspecified atom stereocenters. The average Bonchev–Trinajstić information content (AvgIpc) is 2.28. The van der Waals surface area contributed by atoms with Gasteiger partial charge >= 0.3 is 5.97 Å². The third kappa shape index (κ3) is 3.98. The Balaban J connectivity index is 0.00000162. The zero-order chi connectivity index (χ0) is 12.3. The lowest BCUT2D eigenvalue weighted by Gasteiger charge is -2.36. The molecule has 0 aromatic heterocycles. The normalized spacial score (nSPS) is 24.3. The number of morpholine rings is 1. The number of carboxylic acid groups (broad SMARTS) is 1. The number of hydrogen-bond acceptors (Lipinski definition) is 3. The van der Waals surface area contributed by atoms with Crippen LogP contribution in [-0.2, 0) is 9.53 Å². The van der Waals surface area contributed by atoms with Crippen LogP contribution >= 0.6 is 12.4 Å². The van der Waals surface area contributed by atoms with Crippen molar-refractivity contribution in [2.75, 3.05) is 19.6 Å². The molecule has 1 aliphatic rings. The maximum absolute atomic E-state index is 10.7. The molecule has 1 aliphatic heterocycles. The fourth-order valence-electron chi connectivity index (χ4n) is 2.21. The molecule has 5 heteroatoms. The molecule has 1 saturated heterocycles. The predicted molar refractivity (Wildman–Crippen MR) is 71.1 cm³/mol. The van der Waals surface area contributed by atoms with Gasteiger partial charge in [-0.1, -0.05) is 30.3 Å². The lowest BCUT2D eigenvalue weighted by atomic mass is 10.1. The minimum absolute atomic E-state index is 0. The third-order valence-electron chi connectivity index (χ3n) is 2.87. The first-order valence-corrected chi connectivity index (χ1v) is 5.79. The van der Waals surface area contributed by atoms with Crippen LogP contribution in [0.1, 0.15) is 18.6 Å². The van der Waals surface area contributed by atoms with Crippen LogP contribution in [0.25, 0.3) is 0 Å². The molecule has 18 heavy (non-hydrogen) atoms. The third-order valence-corrected chi connectivity index (χ3v) is 2.87. The Morgan fingerprint density at radius 2 is 2.06 bits per heavy atom. The number of benzene rings is 1. The molecule has 0 saturated carbocycles. The number of hydrogen-bond donors (Lipinski definition) is 1. The summed E-state index contributed by atoms with van der Waals surface area (Å²) >= 11 is 0. The summed E-state index contributed by atoms with van der Waals surface area (Å²) in [6.07, 6.45) is 0.0348. The molecule has 0 radical (unpaired) electrons. The number of aliphatic carboxylic acids is 1. The fourth-order valence-corrected chi connectivity index (χ4v) is 2.21. The van der Waals surface area contributed by atoms with Gasteiger partial charge in [0.2, 0.25) is 0 Å². The van der Waals surface area contributed by atoms with Gasteiger partial charge in [0.1, 0.15) is 0 Å². The zero-order valence-electron chi connectivity index (χ0n) is 10.3. The lowest BCUT2D eigenvalue weighted by Crippen LogP contribution is -2.44. The molecule has 0 amide bonds. The van der Waals surface area contributed by atoms with Gasteiger partial charge in [0.15, 0.2) is 0 Å². The highest BCUT2D eigenvalue weighted by Gasteiger charge is 2.27. The molecule has 0 spiro atoms. The Morgan fingerprint density at radius 3 is 2.67 bits per heavy atom. The Labute approximate surface area is 113 Å². The molecular formula is C13H18ClNO3. The topological polar surface area (TPSA) is 49.8 Å². The molecule has 100 valence electrons. The van der Waals surface area contributed by atoms with Gasteiger partial charge in [0, 0.05) is 13.1 Å². The molecule has 0 bridgehead atoms. The summed E-state index contributed by atoms with van der Waals surface area (Å²) in [5.74, 6) is -0.786. The molecule has 2 atom stereocenters. The van der Waals surface area contributed by atoms with E-state index in [-0.39, 0.29) is 31.2 Å². The molecule has 2 rings (SSSR count). The molecule has 4 nitrogen and oxygen atoms in total. The van der Waals surface area contributed by atoms with Crippen LogP contribution in [0, 0.1) is 0 Å². The number of ether oxygens (including phenoxy) is 1. The lowest BCUT2D eigenvalue weighted by molar-refractivity contribution is -0.142. The highest BCUT2D eigenvalue weighted by atomic mass is 35.5. The first-order valence-electron chi connectivity index (χ1n) is 5.79. The van der Waals surface area contributed by atoms with E-state index in [2.05, 4.69) is 0 Å². The van der Waals surface area contributed by atoms with Crippen molar-refractivity contribution in [1.29, 1.82) is 0 Å². The molecule has 1 N–H and O–H groups in total. The number of rotatable bonds is 3. The molecular weight excluding hydrogens is 254 g/mol. The van der Waals surface area contributed by atoms with E-state index in [1.165, 1.54) is 0 Å². The summed E-state index contributed by atoms with van der Waals surface area (Å²) in [7, 11) is 0. The van der Waals surface area contributed by atoms with Crippen LogP contribution in [0.2, 0.25) is 0 Å². The summed E-state index contributed by atoms with van der Waals surface area (Å²) in [5, 5.41) is 8.83. The number of carbonyl (C=O) groups is 1. The fraction of sp³-hybridized carbons (Fsp3) is 0.462. The van der Waals surface area contributed by atoms with Gasteiger partial charge in [-0.15, -0.1) is 12.4 Å². The van der Waals surface area contributed by atoms with Crippen LogP contribution in [0.15, 0.2) is 30.3 Å². The highest BCUT2D eigenvalue weighted by Crippen LogP contribution is 2.24. The van der Waals surface area contributed by atoms with Gasteiger partial charge in [-0.25, -0.2) is 0 Å². The Morgan fingerprint density at radius 1 is 1.39 bits per heavy atom. The van der Waals surface area contributed by atoms with Gasteiger partial charge in [0.25, 0.3) is 0 Å². The minimum Gasteiger partial charge on any atom is -0.480 e. The first kappa shape index (κ1) is 15.0.